The molecule has 0 amide bonds. The minimum atomic E-state index is 0. The van der Waals surface area contributed by atoms with Crippen molar-refractivity contribution in [1.82, 2.24) is 4.98 Å². The molecule has 0 bridgehead atoms. The average molecular weight is 505 g/mol. The lowest BCUT2D eigenvalue weighted by Crippen LogP contribution is -3.15. The van der Waals surface area contributed by atoms with Gasteiger partial charge in [0.05, 0.1) is 68.2 Å². The van der Waals surface area contributed by atoms with E-state index < -0.39 is 0 Å². The Morgan fingerprint density at radius 1 is 0.886 bits per heavy atom. The third-order valence-electron chi connectivity index (χ3n) is 6.89. The zero-order chi connectivity index (χ0) is 22.9. The van der Waals surface area contributed by atoms with Crippen LogP contribution in [0.3, 0.4) is 0 Å². The Bertz CT molecular complexity index is 1330. The maximum atomic E-state index is 5.59. The predicted octanol–water partition coefficient (Wildman–Crippen LogP) is 1.26. The number of aromatic nitrogens is 1. The first-order chi connectivity index (χ1) is 16.8. The Morgan fingerprint density at radius 2 is 1.60 bits per heavy atom. The fourth-order valence-electron chi connectivity index (χ4n) is 5.06. The molecule has 0 unspecified atom stereocenters. The predicted molar refractivity (Wildman–Crippen MR) is 140 cm³/mol. The van der Waals surface area contributed by atoms with Crippen molar-refractivity contribution >= 4 is 39.9 Å². The van der Waals surface area contributed by atoms with E-state index >= 15 is 0 Å². The molecule has 4 aromatic rings. The smallest absolute Gasteiger partial charge is 0.148 e. The molecule has 1 N–H and O–H groups in total. The molecule has 1 saturated heterocycles. The molecule has 5 nitrogen and oxygen atoms in total. The van der Waals surface area contributed by atoms with Crippen LogP contribution in [0, 0.1) is 0 Å². The molecular formula is C28H29ClN4OS. The van der Waals surface area contributed by atoms with E-state index in [-0.39, 0.29) is 12.4 Å². The van der Waals surface area contributed by atoms with Gasteiger partial charge in [0.25, 0.3) is 0 Å². The van der Waals surface area contributed by atoms with Gasteiger partial charge in [0.1, 0.15) is 11.6 Å². The summed E-state index contributed by atoms with van der Waals surface area (Å²) in [5, 5.41) is 1.20. The SMILES string of the molecule is COc1ccccc1N1CC[NH+](CCN2c3ccccc3Sc3cc4ccccc4nc32)CC1.[Cl-]. The summed E-state index contributed by atoms with van der Waals surface area (Å²) in [4.78, 5) is 14.2. The lowest BCUT2D eigenvalue weighted by Gasteiger charge is -2.36. The molecule has 1 fully saturated rings. The van der Waals surface area contributed by atoms with Gasteiger partial charge in [-0.05, 0) is 36.4 Å². The van der Waals surface area contributed by atoms with Crippen LogP contribution >= 0.6 is 11.8 Å². The van der Waals surface area contributed by atoms with Crippen LogP contribution in [0.5, 0.6) is 5.75 Å². The second-order valence-corrected chi connectivity index (χ2v) is 9.97. The Morgan fingerprint density at radius 3 is 2.43 bits per heavy atom. The maximum Gasteiger partial charge on any atom is 0.148 e. The molecule has 0 saturated carbocycles. The van der Waals surface area contributed by atoms with Crippen molar-refractivity contribution in [3.8, 4) is 5.75 Å². The number of halogens is 1. The summed E-state index contributed by atoms with van der Waals surface area (Å²) in [6.45, 7) is 6.39. The van der Waals surface area contributed by atoms with Gasteiger partial charge in [0, 0.05) is 10.3 Å². The summed E-state index contributed by atoms with van der Waals surface area (Å²) in [5.41, 5.74) is 3.54. The lowest BCUT2D eigenvalue weighted by atomic mass is 10.2. The number of piperazine rings is 1. The molecule has 2 aliphatic rings. The van der Waals surface area contributed by atoms with Gasteiger partial charge in [0.15, 0.2) is 0 Å². The summed E-state index contributed by atoms with van der Waals surface area (Å²) in [6, 6.07) is 27.8. The first-order valence-electron chi connectivity index (χ1n) is 12.0. The van der Waals surface area contributed by atoms with E-state index in [9.17, 15) is 0 Å². The standard InChI is InChI=1S/C28H28N4OS.ClH/c1-33-25-12-6-4-10-23(25)31-17-14-30(15-18-31)16-19-32-24-11-5-7-13-26(24)34-27-20-21-8-2-3-9-22(21)29-28(27)32;/h2-13,20H,14-19H2,1H3;1H. The Hall–Kier alpha value is -2.93. The van der Waals surface area contributed by atoms with Crippen molar-refractivity contribution in [3.05, 3.63) is 78.9 Å². The zero-order valence-corrected chi connectivity index (χ0v) is 21.4. The topological polar surface area (TPSA) is 33.0 Å². The summed E-state index contributed by atoms with van der Waals surface area (Å²) < 4.78 is 5.59. The number of ether oxygens (including phenoxy) is 1. The van der Waals surface area contributed by atoms with Crippen LogP contribution < -0.4 is 31.8 Å². The molecule has 3 heterocycles. The van der Waals surface area contributed by atoms with Gasteiger partial charge in [-0.2, -0.15) is 0 Å². The highest BCUT2D eigenvalue weighted by molar-refractivity contribution is 7.99. The number of hydrogen-bond acceptors (Lipinski definition) is 5. The number of methoxy groups -OCH3 is 1. The van der Waals surface area contributed by atoms with Crippen LogP contribution in [0.25, 0.3) is 10.9 Å². The van der Waals surface area contributed by atoms with E-state index in [0.717, 1.165) is 56.4 Å². The van der Waals surface area contributed by atoms with Crippen LogP contribution in [-0.2, 0) is 0 Å². The van der Waals surface area contributed by atoms with Gasteiger partial charge >= 0.3 is 0 Å². The molecule has 6 rings (SSSR count). The van der Waals surface area contributed by atoms with Gasteiger partial charge in [-0.3, -0.25) is 0 Å². The number of pyridine rings is 1. The van der Waals surface area contributed by atoms with E-state index in [1.54, 1.807) is 12.0 Å². The molecule has 2 aliphatic heterocycles. The number of anilines is 3. The molecule has 180 valence electrons. The number of hydrogen-bond donors (Lipinski definition) is 1. The molecule has 0 aliphatic carbocycles. The van der Waals surface area contributed by atoms with Crippen LogP contribution in [-0.4, -0.2) is 51.4 Å². The Labute approximate surface area is 217 Å². The number of benzene rings is 3. The second kappa shape index (κ2) is 10.4. The van der Waals surface area contributed by atoms with Gasteiger partial charge in [-0.15, -0.1) is 0 Å². The minimum Gasteiger partial charge on any atom is -1.00 e. The number of quaternary nitrogens is 1. The normalized spacial score (nSPS) is 15.3. The minimum absolute atomic E-state index is 0. The number of para-hydroxylation sites is 4. The average Bonchev–Trinajstić information content (AvgIpc) is 2.90. The number of fused-ring (bicyclic) bond motifs is 3. The molecule has 1 aromatic heterocycles. The van der Waals surface area contributed by atoms with Crippen LogP contribution in [0.4, 0.5) is 17.2 Å². The molecule has 0 spiro atoms. The van der Waals surface area contributed by atoms with Crippen molar-refractivity contribution < 1.29 is 22.0 Å². The van der Waals surface area contributed by atoms with E-state index in [1.807, 2.05) is 17.8 Å². The van der Waals surface area contributed by atoms with Crippen LogP contribution in [0.15, 0.2) is 88.7 Å². The van der Waals surface area contributed by atoms with Crippen molar-refractivity contribution in [2.24, 2.45) is 0 Å². The largest absolute Gasteiger partial charge is 1.00 e. The van der Waals surface area contributed by atoms with Crippen molar-refractivity contribution in [2.75, 3.05) is 56.2 Å². The first-order valence-corrected chi connectivity index (χ1v) is 12.8. The second-order valence-electron chi connectivity index (χ2n) is 8.88. The van der Waals surface area contributed by atoms with E-state index in [4.69, 9.17) is 9.72 Å². The highest BCUT2D eigenvalue weighted by Crippen LogP contribution is 2.47. The quantitative estimate of drug-likeness (QED) is 0.442. The van der Waals surface area contributed by atoms with E-state index in [0.29, 0.717) is 0 Å². The molecule has 0 radical (unpaired) electrons. The third-order valence-corrected chi connectivity index (χ3v) is 7.97. The monoisotopic (exact) mass is 504 g/mol. The summed E-state index contributed by atoms with van der Waals surface area (Å²) in [7, 11) is 1.75. The number of rotatable bonds is 5. The highest BCUT2D eigenvalue weighted by Gasteiger charge is 2.28. The summed E-state index contributed by atoms with van der Waals surface area (Å²) in [5.74, 6) is 2.05. The first kappa shape index (κ1) is 23.8. The molecule has 3 aromatic carbocycles. The van der Waals surface area contributed by atoms with Gasteiger partial charge in [0.2, 0.25) is 0 Å². The number of nitrogens with zero attached hydrogens (tertiary/aromatic N) is 3. The van der Waals surface area contributed by atoms with E-state index in [2.05, 4.69) is 82.6 Å². The van der Waals surface area contributed by atoms with Gasteiger partial charge in [-0.1, -0.05) is 54.2 Å². The highest BCUT2D eigenvalue weighted by atomic mass is 35.5. The summed E-state index contributed by atoms with van der Waals surface area (Å²) in [6.07, 6.45) is 0. The van der Waals surface area contributed by atoms with Gasteiger partial charge in [-0.25, -0.2) is 4.98 Å². The van der Waals surface area contributed by atoms with Crippen LogP contribution in [0.2, 0.25) is 0 Å². The Balaban J connectivity index is 0.00000253. The van der Waals surface area contributed by atoms with Crippen molar-refractivity contribution in [2.45, 2.75) is 9.79 Å². The van der Waals surface area contributed by atoms with Crippen molar-refractivity contribution in [1.29, 1.82) is 0 Å². The van der Waals surface area contributed by atoms with Crippen molar-refractivity contribution in [3.63, 3.8) is 0 Å². The molecular weight excluding hydrogens is 476 g/mol. The molecule has 35 heavy (non-hydrogen) atoms. The summed E-state index contributed by atoms with van der Waals surface area (Å²) >= 11 is 1.83. The number of nitrogens with one attached hydrogen (secondary N) is 1. The van der Waals surface area contributed by atoms with Crippen LogP contribution in [0.1, 0.15) is 0 Å². The van der Waals surface area contributed by atoms with E-state index in [1.165, 1.54) is 26.6 Å². The molecule has 0 atom stereocenters. The maximum absolute atomic E-state index is 5.59. The molecule has 7 heteroatoms. The fraction of sp³-hybridized carbons (Fsp3) is 0.250. The zero-order valence-electron chi connectivity index (χ0n) is 19.8. The lowest BCUT2D eigenvalue weighted by molar-refractivity contribution is -0.899. The Kier molecular flexibility index (Phi) is 7.04. The third kappa shape index (κ3) is 4.66. The van der Waals surface area contributed by atoms with Gasteiger partial charge < -0.3 is 31.8 Å². The fourth-order valence-corrected chi connectivity index (χ4v) is 6.15.